The van der Waals surface area contributed by atoms with Crippen LogP contribution in [0.5, 0.6) is 0 Å². The molecule has 0 aromatic heterocycles. The molecular weight excluding hydrogens is 239 g/mol. The number of hydrogen-bond donors (Lipinski definition) is 0. The minimum Gasteiger partial charge on any atom is -0.371 e. The highest BCUT2D eigenvalue weighted by atomic mass is 35.5. The molecule has 0 atom stereocenters. The van der Waals surface area contributed by atoms with Crippen LogP contribution in [0.2, 0.25) is 5.02 Å². The Hall–Kier alpha value is -1.27. The monoisotopic (exact) mass is 252 g/mol. The molecule has 4 heteroatoms. The van der Waals surface area contributed by atoms with Crippen molar-refractivity contribution in [2.24, 2.45) is 5.92 Å². The van der Waals surface area contributed by atoms with E-state index in [0.717, 1.165) is 31.6 Å². The lowest BCUT2D eigenvalue weighted by Gasteiger charge is -2.32. The fourth-order valence-electron chi connectivity index (χ4n) is 2.21. The maximum atomic E-state index is 13.0. The molecule has 1 aliphatic heterocycles. The zero-order chi connectivity index (χ0) is 12.3. The Bertz CT molecular complexity index is 434. The molecule has 0 bridgehead atoms. The Kier molecular flexibility index (Phi) is 3.86. The van der Waals surface area contributed by atoms with Crippen LogP contribution in [-0.4, -0.2) is 13.1 Å². The maximum Gasteiger partial charge on any atom is 0.141 e. The summed E-state index contributed by atoms with van der Waals surface area (Å²) in [6.07, 6.45) is 2.67. The van der Waals surface area contributed by atoms with E-state index in [2.05, 4.69) is 11.0 Å². The van der Waals surface area contributed by atoms with Crippen molar-refractivity contribution in [2.75, 3.05) is 18.0 Å². The van der Waals surface area contributed by atoms with Crippen LogP contribution in [-0.2, 0) is 0 Å². The number of nitrogens with zero attached hydrogens (tertiary/aromatic N) is 2. The van der Waals surface area contributed by atoms with Crippen LogP contribution in [0.4, 0.5) is 10.1 Å². The van der Waals surface area contributed by atoms with Gasteiger partial charge in [-0.25, -0.2) is 4.39 Å². The molecule has 90 valence electrons. The third kappa shape index (κ3) is 2.89. The van der Waals surface area contributed by atoms with Crippen LogP contribution in [0.3, 0.4) is 0 Å². The topological polar surface area (TPSA) is 27.0 Å². The van der Waals surface area contributed by atoms with Crippen LogP contribution in [0, 0.1) is 23.1 Å². The van der Waals surface area contributed by atoms with Gasteiger partial charge in [-0.2, -0.15) is 5.26 Å². The predicted molar refractivity (Wildman–Crippen MR) is 66.6 cm³/mol. The van der Waals surface area contributed by atoms with Crippen molar-refractivity contribution < 1.29 is 4.39 Å². The lowest BCUT2D eigenvalue weighted by Crippen LogP contribution is -2.33. The molecule has 1 heterocycles. The first-order chi connectivity index (χ1) is 8.20. The van der Waals surface area contributed by atoms with Gasteiger partial charge in [-0.1, -0.05) is 11.6 Å². The maximum absolute atomic E-state index is 13.0. The van der Waals surface area contributed by atoms with Crippen molar-refractivity contribution in [2.45, 2.75) is 19.3 Å². The summed E-state index contributed by atoms with van der Waals surface area (Å²) in [6, 6.07) is 7.05. The first-order valence-corrected chi connectivity index (χ1v) is 6.15. The summed E-state index contributed by atoms with van der Waals surface area (Å²) in [7, 11) is 0. The molecule has 0 radical (unpaired) electrons. The molecule has 1 aliphatic rings. The summed E-state index contributed by atoms with van der Waals surface area (Å²) < 4.78 is 13.0. The normalized spacial score (nSPS) is 16.9. The van der Waals surface area contributed by atoms with Gasteiger partial charge in [-0.15, -0.1) is 0 Å². The summed E-state index contributed by atoms with van der Waals surface area (Å²) in [5, 5.41) is 8.81. The Morgan fingerprint density at radius 3 is 2.71 bits per heavy atom. The van der Waals surface area contributed by atoms with Gasteiger partial charge >= 0.3 is 0 Å². The van der Waals surface area contributed by atoms with Gasteiger partial charge in [0.25, 0.3) is 0 Å². The van der Waals surface area contributed by atoms with Gasteiger partial charge in [0.2, 0.25) is 0 Å². The summed E-state index contributed by atoms with van der Waals surface area (Å²) in [4.78, 5) is 2.19. The van der Waals surface area contributed by atoms with Crippen molar-refractivity contribution in [3.05, 3.63) is 29.0 Å². The Morgan fingerprint density at radius 1 is 1.41 bits per heavy atom. The molecule has 2 nitrogen and oxygen atoms in total. The van der Waals surface area contributed by atoms with Crippen LogP contribution in [0.1, 0.15) is 19.3 Å². The molecular formula is C13H14ClFN2. The molecule has 0 amide bonds. The van der Waals surface area contributed by atoms with E-state index in [1.807, 2.05) is 0 Å². The number of rotatable bonds is 2. The lowest BCUT2D eigenvalue weighted by molar-refractivity contribution is 0.412. The molecule has 1 fully saturated rings. The van der Waals surface area contributed by atoms with Crippen molar-refractivity contribution in [1.29, 1.82) is 5.26 Å². The molecule has 0 unspecified atom stereocenters. The van der Waals surface area contributed by atoms with Gasteiger partial charge < -0.3 is 4.90 Å². The average Bonchev–Trinajstić information content (AvgIpc) is 2.34. The quantitative estimate of drug-likeness (QED) is 0.804. The van der Waals surface area contributed by atoms with Crippen molar-refractivity contribution in [1.82, 2.24) is 0 Å². The van der Waals surface area contributed by atoms with E-state index in [1.165, 1.54) is 6.07 Å². The molecule has 1 aromatic rings. The van der Waals surface area contributed by atoms with Crippen molar-refractivity contribution in [3.8, 4) is 6.07 Å². The van der Waals surface area contributed by atoms with E-state index in [9.17, 15) is 4.39 Å². The summed E-state index contributed by atoms with van der Waals surface area (Å²) in [5.41, 5.74) is 0.965. The molecule has 0 saturated carbocycles. The number of piperidine rings is 1. The lowest BCUT2D eigenvalue weighted by atomic mass is 9.94. The Labute approximate surface area is 106 Å². The molecule has 0 aliphatic carbocycles. The minimum absolute atomic E-state index is 0.168. The van der Waals surface area contributed by atoms with Crippen molar-refractivity contribution in [3.63, 3.8) is 0 Å². The van der Waals surface area contributed by atoms with Gasteiger partial charge in [-0.3, -0.25) is 0 Å². The van der Waals surface area contributed by atoms with E-state index in [0.29, 0.717) is 12.3 Å². The smallest absolute Gasteiger partial charge is 0.141 e. The molecule has 17 heavy (non-hydrogen) atoms. The zero-order valence-corrected chi connectivity index (χ0v) is 10.3. The summed E-state index contributed by atoms with van der Waals surface area (Å²) in [6.45, 7) is 1.82. The Balaban J connectivity index is 2.01. The highest BCUT2D eigenvalue weighted by Crippen LogP contribution is 2.27. The second-order valence-electron chi connectivity index (χ2n) is 4.39. The second-order valence-corrected chi connectivity index (χ2v) is 4.80. The number of hydrogen-bond acceptors (Lipinski definition) is 2. The highest BCUT2D eigenvalue weighted by molar-refractivity contribution is 6.31. The number of halogens is 2. The fourth-order valence-corrected chi connectivity index (χ4v) is 2.38. The average molecular weight is 253 g/mol. The first kappa shape index (κ1) is 12.2. The SMILES string of the molecule is N#CCC1CCN(c2ccc(F)c(Cl)c2)CC1. The second kappa shape index (κ2) is 5.37. The Morgan fingerprint density at radius 2 is 2.12 bits per heavy atom. The highest BCUT2D eigenvalue weighted by Gasteiger charge is 2.19. The largest absolute Gasteiger partial charge is 0.371 e. The van der Waals surface area contributed by atoms with Crippen LogP contribution in [0.25, 0.3) is 0 Å². The van der Waals surface area contributed by atoms with Gasteiger partial charge in [0.15, 0.2) is 0 Å². The number of nitriles is 1. The van der Waals surface area contributed by atoms with Gasteiger partial charge in [0.1, 0.15) is 5.82 Å². The van der Waals surface area contributed by atoms with Crippen LogP contribution in [0.15, 0.2) is 18.2 Å². The van der Waals surface area contributed by atoms with Gasteiger partial charge in [0.05, 0.1) is 11.1 Å². The van der Waals surface area contributed by atoms with Crippen molar-refractivity contribution >= 4 is 17.3 Å². The molecule has 2 rings (SSSR count). The minimum atomic E-state index is -0.380. The number of anilines is 1. The van der Waals surface area contributed by atoms with Crippen LogP contribution >= 0.6 is 11.6 Å². The summed E-state index contributed by atoms with van der Waals surface area (Å²) in [5.74, 6) is 0.127. The third-order valence-corrected chi connectivity index (χ3v) is 3.55. The standard InChI is InChI=1S/C13H14ClFN2/c14-12-9-11(1-2-13(12)15)17-7-4-10(3-6-16)5-8-17/h1-2,9-10H,3-5,7-8H2. The number of benzene rings is 1. The van der Waals surface area contributed by atoms with Gasteiger partial charge in [0, 0.05) is 25.2 Å². The van der Waals surface area contributed by atoms with E-state index in [4.69, 9.17) is 16.9 Å². The van der Waals surface area contributed by atoms with E-state index in [1.54, 1.807) is 12.1 Å². The van der Waals surface area contributed by atoms with E-state index >= 15 is 0 Å². The fraction of sp³-hybridized carbons (Fsp3) is 0.462. The molecule has 0 N–H and O–H groups in total. The first-order valence-electron chi connectivity index (χ1n) is 5.77. The summed E-state index contributed by atoms with van der Waals surface area (Å²) >= 11 is 5.77. The molecule has 0 spiro atoms. The molecule has 1 aromatic carbocycles. The predicted octanol–water partition coefficient (Wildman–Crippen LogP) is 3.61. The van der Waals surface area contributed by atoms with Crippen LogP contribution < -0.4 is 4.90 Å². The third-order valence-electron chi connectivity index (χ3n) is 3.26. The van der Waals surface area contributed by atoms with Gasteiger partial charge in [-0.05, 0) is 37.0 Å². The zero-order valence-electron chi connectivity index (χ0n) is 9.50. The van der Waals surface area contributed by atoms with E-state index < -0.39 is 0 Å². The molecule has 1 saturated heterocycles. The van der Waals surface area contributed by atoms with E-state index in [-0.39, 0.29) is 10.8 Å².